The molecule has 0 aliphatic carbocycles. The molecule has 1 N–H and O–H groups in total. The zero-order valence-electron chi connectivity index (χ0n) is 11.8. The molecular weight excluding hydrogens is 290 g/mol. The third-order valence-corrected chi connectivity index (χ3v) is 5.60. The Bertz CT molecular complexity index is 791. The van der Waals surface area contributed by atoms with Gasteiger partial charge in [0.15, 0.2) is 15.6 Å². The lowest BCUT2D eigenvalue weighted by Crippen LogP contribution is -2.16. The number of Topliss-reactive ketones (excluding diaryl/α,β-unsaturated/α-hetero) is 1. The number of ketones is 1. The fraction of sp³-hybridized carbons (Fsp3) is 0.400. The summed E-state index contributed by atoms with van der Waals surface area (Å²) in [5.74, 6) is 0.151. The van der Waals surface area contributed by atoms with Crippen LogP contribution in [0.15, 0.2) is 24.4 Å². The Morgan fingerprint density at radius 1 is 1.43 bits per heavy atom. The van der Waals surface area contributed by atoms with E-state index in [1.54, 1.807) is 6.20 Å². The highest BCUT2D eigenvalue weighted by Gasteiger charge is 2.34. The summed E-state index contributed by atoms with van der Waals surface area (Å²) >= 11 is 0. The number of fused-ring (bicyclic) bond motifs is 1. The predicted molar refractivity (Wildman–Crippen MR) is 80.6 cm³/mol. The summed E-state index contributed by atoms with van der Waals surface area (Å²) in [6, 6.07) is 5.56. The van der Waals surface area contributed by atoms with E-state index in [1.165, 1.54) is 0 Å². The van der Waals surface area contributed by atoms with Gasteiger partial charge in [-0.05, 0) is 25.5 Å². The van der Waals surface area contributed by atoms with Crippen LogP contribution in [0.4, 0.5) is 0 Å². The van der Waals surface area contributed by atoms with Crippen LogP contribution in [-0.4, -0.2) is 37.3 Å². The molecule has 6 heteroatoms. The maximum Gasteiger partial charge on any atom is 0.169 e. The Morgan fingerprint density at radius 2 is 2.24 bits per heavy atom. The summed E-state index contributed by atoms with van der Waals surface area (Å²) in [6.45, 7) is 2.40. The Kier molecular flexibility index (Phi) is 3.49. The van der Waals surface area contributed by atoms with E-state index in [0.29, 0.717) is 24.3 Å². The highest BCUT2D eigenvalue weighted by atomic mass is 32.2. The molecule has 1 aliphatic rings. The summed E-state index contributed by atoms with van der Waals surface area (Å²) in [6.07, 6.45) is 2.06. The van der Waals surface area contributed by atoms with Crippen LogP contribution in [0.25, 0.3) is 10.9 Å². The second kappa shape index (κ2) is 5.18. The van der Waals surface area contributed by atoms with Gasteiger partial charge < -0.3 is 9.72 Å². The minimum absolute atomic E-state index is 0.0463. The molecule has 1 fully saturated rings. The molecule has 1 aliphatic heterocycles. The van der Waals surface area contributed by atoms with Crippen molar-refractivity contribution >= 4 is 26.5 Å². The predicted octanol–water partition coefficient (Wildman–Crippen LogP) is 2.18. The Labute approximate surface area is 123 Å². The lowest BCUT2D eigenvalue weighted by atomic mass is 9.96. The first-order chi connectivity index (χ1) is 10.0. The Morgan fingerprint density at radius 3 is 2.90 bits per heavy atom. The van der Waals surface area contributed by atoms with E-state index >= 15 is 0 Å². The molecule has 2 heterocycles. The topological polar surface area (TPSA) is 76.2 Å². The van der Waals surface area contributed by atoms with Gasteiger partial charge in [-0.1, -0.05) is 6.07 Å². The van der Waals surface area contributed by atoms with Crippen LogP contribution in [-0.2, 0) is 9.84 Å². The van der Waals surface area contributed by atoms with Crippen molar-refractivity contribution < 1.29 is 17.9 Å². The molecule has 0 bridgehead atoms. The van der Waals surface area contributed by atoms with Crippen molar-refractivity contribution in [2.45, 2.75) is 13.3 Å². The van der Waals surface area contributed by atoms with Crippen LogP contribution < -0.4 is 4.74 Å². The van der Waals surface area contributed by atoms with Gasteiger partial charge in [-0.25, -0.2) is 8.42 Å². The van der Waals surface area contributed by atoms with E-state index < -0.39 is 15.8 Å². The smallest absolute Gasteiger partial charge is 0.169 e. The minimum atomic E-state index is -3.07. The highest BCUT2D eigenvalue weighted by molar-refractivity contribution is 7.91. The molecule has 5 nitrogen and oxygen atoms in total. The second-order valence-electron chi connectivity index (χ2n) is 5.28. The van der Waals surface area contributed by atoms with Crippen LogP contribution >= 0.6 is 0 Å². The first-order valence-electron chi connectivity index (χ1n) is 6.99. The van der Waals surface area contributed by atoms with Gasteiger partial charge in [-0.15, -0.1) is 0 Å². The summed E-state index contributed by atoms with van der Waals surface area (Å²) in [5, 5.41) is 0.744. The molecule has 0 radical (unpaired) electrons. The molecule has 0 spiro atoms. The first kappa shape index (κ1) is 14.1. The number of rotatable bonds is 4. The number of hydrogen-bond acceptors (Lipinski definition) is 4. The molecule has 3 rings (SSSR count). The molecular formula is C15H17NO4S. The third-order valence-electron chi connectivity index (χ3n) is 3.84. The fourth-order valence-electron chi connectivity index (χ4n) is 2.84. The number of nitrogens with one attached hydrogen (secondary N) is 1. The highest BCUT2D eigenvalue weighted by Crippen LogP contribution is 2.32. The molecule has 2 aromatic rings. The van der Waals surface area contributed by atoms with Crippen molar-refractivity contribution in [3.63, 3.8) is 0 Å². The average molecular weight is 307 g/mol. The Balaban J connectivity index is 2.02. The quantitative estimate of drug-likeness (QED) is 0.878. The number of carbonyl (C=O) groups excluding carboxylic acids is 1. The van der Waals surface area contributed by atoms with Gasteiger partial charge in [0.2, 0.25) is 0 Å². The van der Waals surface area contributed by atoms with E-state index in [4.69, 9.17) is 4.74 Å². The zero-order valence-corrected chi connectivity index (χ0v) is 12.6. The van der Waals surface area contributed by atoms with Crippen molar-refractivity contribution in [2.75, 3.05) is 18.1 Å². The van der Waals surface area contributed by atoms with Gasteiger partial charge in [0, 0.05) is 23.2 Å². The third kappa shape index (κ3) is 2.55. The normalized spacial score (nSPS) is 20.7. The molecule has 112 valence electrons. The lowest BCUT2D eigenvalue weighted by molar-refractivity contribution is 0.0935. The maximum atomic E-state index is 12.6. The summed E-state index contributed by atoms with van der Waals surface area (Å²) in [7, 11) is -3.07. The van der Waals surface area contributed by atoms with Gasteiger partial charge >= 0.3 is 0 Å². The van der Waals surface area contributed by atoms with Crippen molar-refractivity contribution in [2.24, 2.45) is 5.92 Å². The van der Waals surface area contributed by atoms with Crippen LogP contribution in [0.2, 0.25) is 0 Å². The van der Waals surface area contributed by atoms with Crippen molar-refractivity contribution in [3.8, 4) is 5.75 Å². The number of carbonyl (C=O) groups is 1. The number of ether oxygens (including phenoxy) is 1. The molecule has 1 saturated heterocycles. The molecule has 1 unspecified atom stereocenters. The first-order valence-corrected chi connectivity index (χ1v) is 8.81. The van der Waals surface area contributed by atoms with Gasteiger partial charge in [-0.3, -0.25) is 4.79 Å². The van der Waals surface area contributed by atoms with E-state index in [-0.39, 0.29) is 17.3 Å². The number of aromatic amines is 1. The second-order valence-corrected chi connectivity index (χ2v) is 7.51. The molecule has 21 heavy (non-hydrogen) atoms. The van der Waals surface area contributed by atoms with Gasteiger partial charge in [0.05, 0.1) is 23.5 Å². The lowest BCUT2D eigenvalue weighted by Gasteiger charge is -2.09. The number of benzene rings is 1. The molecule has 1 aromatic carbocycles. The van der Waals surface area contributed by atoms with E-state index in [2.05, 4.69) is 4.98 Å². The standard InChI is InChI=1S/C15H17NO4S/c1-2-20-13-5-3-4-12-14(13)11(8-16-12)15(17)10-6-7-21(18,19)9-10/h3-5,8,10,16H,2,6-7,9H2,1H3. The van der Waals surface area contributed by atoms with Gasteiger partial charge in [0.1, 0.15) is 5.75 Å². The molecule has 1 atom stereocenters. The average Bonchev–Trinajstić information content (AvgIpc) is 3.02. The number of H-pyrrole nitrogens is 1. The van der Waals surface area contributed by atoms with Crippen LogP contribution in [0, 0.1) is 5.92 Å². The summed E-state index contributed by atoms with van der Waals surface area (Å²) in [4.78, 5) is 15.7. The van der Waals surface area contributed by atoms with Gasteiger partial charge in [0.25, 0.3) is 0 Å². The van der Waals surface area contributed by atoms with Crippen LogP contribution in [0.1, 0.15) is 23.7 Å². The number of hydrogen-bond donors (Lipinski definition) is 1. The largest absolute Gasteiger partial charge is 0.493 e. The van der Waals surface area contributed by atoms with E-state index in [1.807, 2.05) is 25.1 Å². The van der Waals surface area contributed by atoms with Gasteiger partial charge in [-0.2, -0.15) is 0 Å². The zero-order chi connectivity index (χ0) is 15.0. The molecule has 1 aromatic heterocycles. The summed E-state index contributed by atoms with van der Waals surface area (Å²) < 4.78 is 28.7. The summed E-state index contributed by atoms with van der Waals surface area (Å²) in [5.41, 5.74) is 1.35. The number of aromatic nitrogens is 1. The van der Waals surface area contributed by atoms with Crippen molar-refractivity contribution in [1.82, 2.24) is 4.98 Å². The SMILES string of the molecule is CCOc1cccc2[nH]cc(C(=O)C3CCS(=O)(=O)C3)c12. The maximum absolute atomic E-state index is 12.6. The van der Waals surface area contributed by atoms with Crippen molar-refractivity contribution in [3.05, 3.63) is 30.0 Å². The molecule has 0 amide bonds. The van der Waals surface area contributed by atoms with Crippen LogP contribution in [0.5, 0.6) is 5.75 Å². The van der Waals surface area contributed by atoms with Crippen molar-refractivity contribution in [1.29, 1.82) is 0 Å². The Hall–Kier alpha value is -1.82. The number of sulfone groups is 1. The van der Waals surface area contributed by atoms with E-state index in [9.17, 15) is 13.2 Å². The monoisotopic (exact) mass is 307 g/mol. The minimum Gasteiger partial charge on any atom is -0.493 e. The van der Waals surface area contributed by atoms with Crippen LogP contribution in [0.3, 0.4) is 0 Å². The van der Waals surface area contributed by atoms with E-state index in [0.717, 1.165) is 10.9 Å². The molecule has 0 saturated carbocycles. The fourth-order valence-corrected chi connectivity index (χ4v) is 4.58.